The van der Waals surface area contributed by atoms with Gasteiger partial charge in [-0.3, -0.25) is 4.79 Å². The lowest BCUT2D eigenvalue weighted by Crippen LogP contribution is -2.30. The number of halogens is 1. The number of fused-ring (bicyclic) bond motifs is 1. The number of ether oxygens (including phenoxy) is 2. The monoisotopic (exact) mass is 363 g/mol. The third kappa shape index (κ3) is 4.36. The molecule has 0 aromatic heterocycles. The molecule has 6 heteroatoms. The second kappa shape index (κ2) is 7.81. The van der Waals surface area contributed by atoms with Crippen LogP contribution in [0.4, 0.5) is 0 Å². The summed E-state index contributed by atoms with van der Waals surface area (Å²) in [4.78, 5) is 13.3. The summed E-state index contributed by atoms with van der Waals surface area (Å²) < 4.78 is 11.0. The van der Waals surface area contributed by atoms with E-state index in [0.29, 0.717) is 24.8 Å². The van der Waals surface area contributed by atoms with Gasteiger partial charge >= 0.3 is 0 Å². The molecule has 2 aromatic rings. The maximum atomic E-state index is 12.3. The molecule has 1 unspecified atom stereocenters. The molecular weight excluding hydrogens is 346 g/mol. The standard InChI is InChI=1S/C18H18ClNO3S/c1-12(24-15-5-3-14(19)4-6-15)18(21)20-11-13-2-7-16-17(10-13)23-9-8-22-16/h2-7,10,12H,8-9,11H2,1H3,(H,20,21). The van der Waals surface area contributed by atoms with Crippen LogP contribution in [0.1, 0.15) is 12.5 Å². The Labute approximate surface area is 150 Å². The van der Waals surface area contributed by atoms with E-state index in [1.165, 1.54) is 11.8 Å². The van der Waals surface area contributed by atoms with Gasteiger partial charge in [0.25, 0.3) is 0 Å². The summed E-state index contributed by atoms with van der Waals surface area (Å²) in [6.07, 6.45) is 0. The van der Waals surface area contributed by atoms with Gasteiger partial charge in [-0.15, -0.1) is 11.8 Å². The van der Waals surface area contributed by atoms with E-state index in [-0.39, 0.29) is 11.2 Å². The molecule has 0 aliphatic carbocycles. The Balaban J connectivity index is 1.54. The normalized spacial score (nSPS) is 14.1. The molecule has 4 nitrogen and oxygen atoms in total. The quantitative estimate of drug-likeness (QED) is 0.818. The highest BCUT2D eigenvalue weighted by molar-refractivity contribution is 8.00. The number of rotatable bonds is 5. The lowest BCUT2D eigenvalue weighted by molar-refractivity contribution is -0.120. The van der Waals surface area contributed by atoms with E-state index in [4.69, 9.17) is 21.1 Å². The van der Waals surface area contributed by atoms with Gasteiger partial charge in [-0.05, 0) is 48.9 Å². The largest absolute Gasteiger partial charge is 0.486 e. The molecule has 0 saturated carbocycles. The van der Waals surface area contributed by atoms with Gasteiger partial charge < -0.3 is 14.8 Å². The lowest BCUT2D eigenvalue weighted by atomic mass is 10.2. The third-order valence-corrected chi connectivity index (χ3v) is 4.93. The van der Waals surface area contributed by atoms with Crippen molar-refractivity contribution in [3.05, 3.63) is 53.1 Å². The number of amides is 1. The van der Waals surface area contributed by atoms with Crippen molar-refractivity contribution in [1.82, 2.24) is 5.32 Å². The number of carbonyl (C=O) groups is 1. The van der Waals surface area contributed by atoms with Gasteiger partial charge in [-0.2, -0.15) is 0 Å². The summed E-state index contributed by atoms with van der Waals surface area (Å²) in [5, 5.41) is 3.45. The number of thioether (sulfide) groups is 1. The summed E-state index contributed by atoms with van der Waals surface area (Å²) in [5.74, 6) is 1.48. The van der Waals surface area contributed by atoms with Crippen LogP contribution in [0.25, 0.3) is 0 Å². The highest BCUT2D eigenvalue weighted by Crippen LogP contribution is 2.30. The maximum Gasteiger partial charge on any atom is 0.233 e. The van der Waals surface area contributed by atoms with Crippen LogP contribution in [0.5, 0.6) is 11.5 Å². The van der Waals surface area contributed by atoms with Crippen LogP contribution in [-0.2, 0) is 11.3 Å². The minimum atomic E-state index is -0.191. The Hall–Kier alpha value is -1.85. The van der Waals surface area contributed by atoms with E-state index in [2.05, 4.69) is 5.32 Å². The lowest BCUT2D eigenvalue weighted by Gasteiger charge is -2.19. The summed E-state index contributed by atoms with van der Waals surface area (Å²) >= 11 is 7.37. The summed E-state index contributed by atoms with van der Waals surface area (Å²) in [6.45, 7) is 3.47. The van der Waals surface area contributed by atoms with E-state index in [1.807, 2.05) is 49.4 Å². The Bertz CT molecular complexity index is 721. The molecule has 1 amide bonds. The van der Waals surface area contributed by atoms with Crippen molar-refractivity contribution < 1.29 is 14.3 Å². The zero-order valence-electron chi connectivity index (χ0n) is 13.3. The van der Waals surface area contributed by atoms with Crippen molar-refractivity contribution in [2.75, 3.05) is 13.2 Å². The number of nitrogens with one attached hydrogen (secondary N) is 1. The van der Waals surface area contributed by atoms with Crippen LogP contribution in [0.2, 0.25) is 5.02 Å². The van der Waals surface area contributed by atoms with Gasteiger partial charge in [0.2, 0.25) is 5.91 Å². The van der Waals surface area contributed by atoms with Crippen LogP contribution in [0.15, 0.2) is 47.4 Å². The maximum absolute atomic E-state index is 12.3. The predicted octanol–water partition coefficient (Wildman–Crippen LogP) is 3.91. The second-order valence-corrected chi connectivity index (χ2v) is 7.26. The SMILES string of the molecule is CC(Sc1ccc(Cl)cc1)C(=O)NCc1ccc2c(c1)OCCO2. The zero-order valence-corrected chi connectivity index (χ0v) is 14.8. The molecule has 3 rings (SSSR count). The van der Waals surface area contributed by atoms with Gasteiger partial charge in [-0.25, -0.2) is 0 Å². The molecule has 1 N–H and O–H groups in total. The summed E-state index contributed by atoms with van der Waals surface area (Å²) in [7, 11) is 0. The van der Waals surface area contributed by atoms with Crippen molar-refractivity contribution in [3.63, 3.8) is 0 Å². The number of hydrogen-bond donors (Lipinski definition) is 1. The van der Waals surface area contributed by atoms with E-state index in [9.17, 15) is 4.79 Å². The molecule has 1 aliphatic heterocycles. The topological polar surface area (TPSA) is 47.6 Å². The third-order valence-electron chi connectivity index (χ3n) is 3.57. The van der Waals surface area contributed by atoms with Gasteiger partial charge in [0, 0.05) is 16.5 Å². The van der Waals surface area contributed by atoms with Gasteiger partial charge in [0.05, 0.1) is 5.25 Å². The molecule has 2 aromatic carbocycles. The molecule has 0 saturated heterocycles. The molecule has 0 fully saturated rings. The average molecular weight is 364 g/mol. The van der Waals surface area contributed by atoms with Crippen LogP contribution in [-0.4, -0.2) is 24.4 Å². The molecule has 24 heavy (non-hydrogen) atoms. The van der Waals surface area contributed by atoms with Crippen LogP contribution >= 0.6 is 23.4 Å². The first kappa shape index (κ1) is 17.0. The molecule has 1 aliphatic rings. The molecule has 1 atom stereocenters. The molecule has 0 spiro atoms. The highest BCUT2D eigenvalue weighted by Gasteiger charge is 2.15. The average Bonchev–Trinajstić information content (AvgIpc) is 2.61. The first-order valence-electron chi connectivity index (χ1n) is 7.70. The molecule has 1 heterocycles. The molecule has 0 radical (unpaired) electrons. The van der Waals surface area contributed by atoms with Gasteiger partial charge in [-0.1, -0.05) is 17.7 Å². The number of hydrogen-bond acceptors (Lipinski definition) is 4. The van der Waals surface area contributed by atoms with Crippen LogP contribution in [0.3, 0.4) is 0 Å². The summed E-state index contributed by atoms with van der Waals surface area (Å²) in [6, 6.07) is 13.2. The Morgan fingerprint density at radius 2 is 1.88 bits per heavy atom. The first-order chi connectivity index (χ1) is 11.6. The Morgan fingerprint density at radius 1 is 1.17 bits per heavy atom. The Kier molecular flexibility index (Phi) is 5.53. The molecular formula is C18H18ClNO3S. The fourth-order valence-corrected chi connectivity index (χ4v) is 3.32. The van der Waals surface area contributed by atoms with Gasteiger partial charge in [0.1, 0.15) is 13.2 Å². The molecule has 0 bridgehead atoms. The fraction of sp³-hybridized carbons (Fsp3) is 0.278. The van der Waals surface area contributed by atoms with Crippen molar-refractivity contribution in [3.8, 4) is 11.5 Å². The van der Waals surface area contributed by atoms with E-state index in [1.54, 1.807) is 0 Å². The summed E-state index contributed by atoms with van der Waals surface area (Å²) in [5.41, 5.74) is 0.983. The van der Waals surface area contributed by atoms with E-state index in [0.717, 1.165) is 22.0 Å². The number of carbonyl (C=O) groups excluding carboxylic acids is 1. The zero-order chi connectivity index (χ0) is 16.9. The van der Waals surface area contributed by atoms with Crippen molar-refractivity contribution in [1.29, 1.82) is 0 Å². The van der Waals surface area contributed by atoms with E-state index < -0.39 is 0 Å². The Morgan fingerprint density at radius 3 is 2.62 bits per heavy atom. The first-order valence-corrected chi connectivity index (χ1v) is 8.96. The van der Waals surface area contributed by atoms with E-state index >= 15 is 0 Å². The van der Waals surface area contributed by atoms with Crippen molar-refractivity contribution in [2.45, 2.75) is 23.6 Å². The second-order valence-electron chi connectivity index (χ2n) is 5.41. The van der Waals surface area contributed by atoms with Gasteiger partial charge in [0.15, 0.2) is 11.5 Å². The minimum absolute atomic E-state index is 0.00941. The molecule has 126 valence electrons. The smallest absolute Gasteiger partial charge is 0.233 e. The predicted molar refractivity (Wildman–Crippen MR) is 96.0 cm³/mol. The van der Waals surface area contributed by atoms with Crippen molar-refractivity contribution in [2.24, 2.45) is 0 Å². The number of benzene rings is 2. The van der Waals surface area contributed by atoms with Crippen LogP contribution in [0, 0.1) is 0 Å². The fourth-order valence-electron chi connectivity index (χ4n) is 2.30. The highest BCUT2D eigenvalue weighted by atomic mass is 35.5. The minimum Gasteiger partial charge on any atom is -0.486 e. The van der Waals surface area contributed by atoms with Crippen LogP contribution < -0.4 is 14.8 Å². The van der Waals surface area contributed by atoms with Crippen molar-refractivity contribution >= 4 is 29.3 Å².